The predicted molar refractivity (Wildman–Crippen MR) is 120 cm³/mol. The largest absolute Gasteiger partial charge is 0.417 e. The van der Waals surface area contributed by atoms with Crippen molar-refractivity contribution in [2.75, 3.05) is 13.6 Å². The number of alkyl halides is 9. The second kappa shape index (κ2) is 11.9. The fourth-order valence-corrected chi connectivity index (χ4v) is 3.53. The zero-order valence-electron chi connectivity index (χ0n) is 19.1. The Bertz CT molecular complexity index is 1240. The second-order valence-corrected chi connectivity index (χ2v) is 8.57. The van der Waals surface area contributed by atoms with E-state index in [1.807, 2.05) is 0 Å². The van der Waals surface area contributed by atoms with Crippen molar-refractivity contribution >= 4 is 41.2 Å². The van der Waals surface area contributed by atoms with E-state index in [0.717, 1.165) is 13.1 Å². The Balaban J connectivity index is 2.37. The van der Waals surface area contributed by atoms with Gasteiger partial charge >= 0.3 is 24.6 Å². The third-order valence-corrected chi connectivity index (χ3v) is 5.36. The number of rotatable bonds is 5. The number of hydrogen-bond donors (Lipinski definition) is 2. The Labute approximate surface area is 223 Å². The normalized spacial score (nSPS) is 13.4. The molecule has 1 atom stereocenters. The van der Waals surface area contributed by atoms with Gasteiger partial charge in [-0.3, -0.25) is 10.2 Å². The van der Waals surface area contributed by atoms with Gasteiger partial charge in [0.05, 0.1) is 27.1 Å². The molecule has 0 aliphatic rings. The van der Waals surface area contributed by atoms with Gasteiger partial charge in [0.25, 0.3) is 5.91 Å². The Morgan fingerprint density at radius 3 is 2.03 bits per heavy atom. The van der Waals surface area contributed by atoms with Gasteiger partial charge in [0, 0.05) is 7.05 Å². The van der Waals surface area contributed by atoms with Crippen LogP contribution in [-0.4, -0.2) is 42.9 Å². The van der Waals surface area contributed by atoms with Crippen molar-refractivity contribution in [3.05, 3.63) is 74.5 Å². The molecule has 0 heterocycles. The standard InChI is InChI=1S/C22H15Cl2F10N3O2/c1-37(19(39)35-9-20(26,27)28)36-18(38)12-4-2-10(6-14(12)22(32,33)34)3-5-13(21(29,30)31)11-7-15(23)17(25)16(24)8-11/h2-8,13H,9H2,1H3,(H,35,39)(H,36,38). The molecule has 2 rings (SSSR count). The highest BCUT2D eigenvalue weighted by Gasteiger charge is 2.40. The maximum atomic E-state index is 13.7. The summed E-state index contributed by atoms with van der Waals surface area (Å²) in [5.74, 6) is -5.18. The number of urea groups is 1. The summed E-state index contributed by atoms with van der Waals surface area (Å²) in [5.41, 5.74) is -2.09. The van der Waals surface area contributed by atoms with Gasteiger partial charge in [-0.2, -0.15) is 39.5 Å². The van der Waals surface area contributed by atoms with Crippen LogP contribution in [-0.2, 0) is 6.18 Å². The van der Waals surface area contributed by atoms with E-state index in [2.05, 4.69) is 0 Å². The second-order valence-electron chi connectivity index (χ2n) is 7.75. The van der Waals surface area contributed by atoms with Crippen molar-refractivity contribution in [1.82, 2.24) is 15.8 Å². The first-order chi connectivity index (χ1) is 17.7. The summed E-state index contributed by atoms with van der Waals surface area (Å²) < 4.78 is 132. The average Bonchev–Trinajstić information content (AvgIpc) is 2.78. The van der Waals surface area contributed by atoms with Crippen LogP contribution in [0.5, 0.6) is 0 Å². The molecular weight excluding hydrogens is 599 g/mol. The number of hydrogen-bond acceptors (Lipinski definition) is 2. The molecule has 2 aromatic carbocycles. The first-order valence-electron chi connectivity index (χ1n) is 10.2. The quantitative estimate of drug-likeness (QED) is 0.210. The predicted octanol–water partition coefficient (Wildman–Crippen LogP) is 7.36. The van der Waals surface area contributed by atoms with Gasteiger partial charge < -0.3 is 5.32 Å². The Kier molecular flexibility index (Phi) is 9.77. The fraction of sp³-hybridized carbons (Fsp3) is 0.273. The van der Waals surface area contributed by atoms with E-state index in [0.29, 0.717) is 36.4 Å². The van der Waals surface area contributed by atoms with Crippen molar-refractivity contribution in [3.63, 3.8) is 0 Å². The number of allylic oxidation sites excluding steroid dienone is 1. The zero-order valence-corrected chi connectivity index (χ0v) is 20.6. The fourth-order valence-electron chi connectivity index (χ4n) is 3.03. The molecule has 0 bridgehead atoms. The molecule has 0 aliphatic carbocycles. The van der Waals surface area contributed by atoms with Gasteiger partial charge in [-0.15, -0.1) is 0 Å². The number of halogens is 12. The average molecular weight is 614 g/mol. The molecule has 1 unspecified atom stereocenters. The molecule has 2 N–H and O–H groups in total. The number of benzene rings is 2. The molecule has 0 aliphatic heterocycles. The third kappa shape index (κ3) is 8.92. The smallest absolute Gasteiger partial charge is 0.327 e. The van der Waals surface area contributed by atoms with Crippen LogP contribution in [0.25, 0.3) is 6.08 Å². The molecular formula is C22H15Cl2F10N3O2. The lowest BCUT2D eigenvalue weighted by Gasteiger charge is -2.21. The van der Waals surface area contributed by atoms with Crippen molar-refractivity contribution in [2.24, 2.45) is 0 Å². The monoisotopic (exact) mass is 613 g/mol. The van der Waals surface area contributed by atoms with E-state index >= 15 is 0 Å². The molecule has 0 saturated heterocycles. The Morgan fingerprint density at radius 1 is 0.974 bits per heavy atom. The first kappa shape index (κ1) is 32.0. The minimum absolute atomic E-state index is 0.176. The minimum Gasteiger partial charge on any atom is -0.327 e. The summed E-state index contributed by atoms with van der Waals surface area (Å²) in [5, 5.41) is 0.127. The van der Waals surface area contributed by atoms with E-state index < -0.39 is 81.0 Å². The molecule has 2 aromatic rings. The number of nitrogens with one attached hydrogen (secondary N) is 2. The number of carbonyl (C=O) groups excluding carboxylic acids is 2. The number of amides is 3. The molecule has 214 valence electrons. The highest BCUT2D eigenvalue weighted by molar-refractivity contribution is 6.35. The molecule has 0 fully saturated rings. The lowest BCUT2D eigenvalue weighted by atomic mass is 9.96. The molecule has 0 aromatic heterocycles. The van der Waals surface area contributed by atoms with Crippen LogP contribution in [0.15, 0.2) is 36.4 Å². The summed E-state index contributed by atoms with van der Waals surface area (Å²) in [6.45, 7) is -1.78. The van der Waals surface area contributed by atoms with Crippen LogP contribution < -0.4 is 10.7 Å². The Morgan fingerprint density at radius 2 is 1.54 bits per heavy atom. The maximum Gasteiger partial charge on any atom is 0.417 e. The Hall–Kier alpha value is -3.20. The van der Waals surface area contributed by atoms with E-state index in [-0.39, 0.29) is 5.01 Å². The van der Waals surface area contributed by atoms with Crippen LogP contribution in [0.1, 0.15) is 33.0 Å². The zero-order chi connectivity index (χ0) is 29.9. The molecule has 0 saturated carbocycles. The van der Waals surface area contributed by atoms with Crippen molar-refractivity contribution < 1.29 is 53.5 Å². The van der Waals surface area contributed by atoms with E-state index in [4.69, 9.17) is 23.2 Å². The van der Waals surface area contributed by atoms with Crippen LogP contribution in [0.4, 0.5) is 48.7 Å². The minimum atomic E-state index is -5.21. The summed E-state index contributed by atoms with van der Waals surface area (Å²) in [7, 11) is 0.763. The van der Waals surface area contributed by atoms with E-state index in [9.17, 15) is 53.5 Å². The van der Waals surface area contributed by atoms with Crippen molar-refractivity contribution in [2.45, 2.75) is 24.4 Å². The van der Waals surface area contributed by atoms with Gasteiger partial charge in [0.2, 0.25) is 0 Å². The third-order valence-electron chi connectivity index (χ3n) is 4.81. The number of hydrazine groups is 1. The molecule has 0 radical (unpaired) electrons. The number of carbonyl (C=O) groups is 2. The molecule has 39 heavy (non-hydrogen) atoms. The van der Waals surface area contributed by atoms with Gasteiger partial charge in [-0.05, 0) is 35.4 Å². The van der Waals surface area contributed by atoms with Crippen molar-refractivity contribution in [1.29, 1.82) is 0 Å². The lowest BCUT2D eigenvalue weighted by Crippen LogP contribution is -2.50. The summed E-state index contributed by atoms with van der Waals surface area (Å²) in [4.78, 5) is 24.0. The van der Waals surface area contributed by atoms with E-state index in [1.54, 1.807) is 5.43 Å². The van der Waals surface area contributed by atoms with Gasteiger partial charge in [-0.25, -0.2) is 14.2 Å². The van der Waals surface area contributed by atoms with Gasteiger partial charge in [-0.1, -0.05) is 41.4 Å². The first-order valence-corrected chi connectivity index (χ1v) is 11.0. The summed E-state index contributed by atoms with van der Waals surface area (Å²) in [6.07, 6.45) is -13.9. The van der Waals surface area contributed by atoms with Crippen LogP contribution >= 0.6 is 23.2 Å². The van der Waals surface area contributed by atoms with Crippen molar-refractivity contribution in [3.8, 4) is 0 Å². The lowest BCUT2D eigenvalue weighted by molar-refractivity contribution is -0.139. The highest BCUT2D eigenvalue weighted by atomic mass is 35.5. The summed E-state index contributed by atoms with van der Waals surface area (Å²) in [6, 6.07) is 1.60. The molecule has 0 spiro atoms. The highest BCUT2D eigenvalue weighted by Crippen LogP contribution is 2.40. The van der Waals surface area contributed by atoms with Gasteiger partial charge in [0.15, 0.2) is 5.82 Å². The molecule has 17 heteroatoms. The van der Waals surface area contributed by atoms with Crippen LogP contribution in [0, 0.1) is 5.82 Å². The topological polar surface area (TPSA) is 61.4 Å². The SMILES string of the molecule is CN(NC(=O)c1ccc(C=CC(c2cc(Cl)c(F)c(Cl)c2)C(F)(F)F)cc1C(F)(F)F)C(=O)NCC(F)(F)F. The van der Waals surface area contributed by atoms with E-state index in [1.165, 1.54) is 5.32 Å². The van der Waals surface area contributed by atoms with Crippen LogP contribution in [0.3, 0.4) is 0 Å². The van der Waals surface area contributed by atoms with Crippen LogP contribution in [0.2, 0.25) is 10.0 Å². The molecule has 3 amide bonds. The summed E-state index contributed by atoms with van der Waals surface area (Å²) >= 11 is 11.1. The maximum absolute atomic E-state index is 13.7. The van der Waals surface area contributed by atoms with Gasteiger partial charge in [0.1, 0.15) is 6.54 Å². The molecule has 5 nitrogen and oxygen atoms in total. The number of nitrogens with zero attached hydrogens (tertiary/aromatic N) is 1.